The number of nitrogens with zero attached hydrogens (tertiary/aromatic N) is 2. The van der Waals surface area contributed by atoms with Gasteiger partial charge < -0.3 is 9.64 Å². The Morgan fingerprint density at radius 3 is 2.38 bits per heavy atom. The Morgan fingerprint density at radius 2 is 1.72 bits per heavy atom. The maximum atomic E-state index is 13.4. The number of aromatic nitrogens is 2. The highest BCUT2D eigenvalue weighted by Crippen LogP contribution is 2.46. The summed E-state index contributed by atoms with van der Waals surface area (Å²) in [5, 5.41) is 7.29. The maximum Gasteiger partial charge on any atom is 0.254 e. The first-order valence-corrected chi connectivity index (χ1v) is 11.4. The first kappa shape index (κ1) is 17.5. The molecule has 29 heavy (non-hydrogen) atoms. The number of hydrogen-bond acceptors (Lipinski definition) is 3. The number of benzene rings is 1. The minimum absolute atomic E-state index is 0.178. The zero-order valence-electron chi connectivity index (χ0n) is 16.8. The van der Waals surface area contributed by atoms with Gasteiger partial charge in [-0.15, -0.1) is 0 Å². The lowest BCUT2D eigenvalue weighted by atomic mass is 9.92. The number of fused-ring (bicyclic) bond motifs is 1. The molecule has 0 radical (unpaired) electrons. The quantitative estimate of drug-likeness (QED) is 0.772. The Bertz CT molecular complexity index is 881. The predicted octanol–water partition coefficient (Wildman–Crippen LogP) is 4.14. The van der Waals surface area contributed by atoms with Crippen LogP contribution in [-0.4, -0.2) is 39.2 Å². The number of rotatable bonds is 7. The number of ether oxygens (including phenoxy) is 1. The summed E-state index contributed by atoms with van der Waals surface area (Å²) < 4.78 is 6.33. The highest BCUT2D eigenvalue weighted by molar-refractivity contribution is 5.95. The topological polar surface area (TPSA) is 58.2 Å². The molecule has 0 saturated heterocycles. The Kier molecular flexibility index (Phi) is 4.17. The number of aryl methyl sites for hydroxylation is 1. The van der Waals surface area contributed by atoms with Gasteiger partial charge in [0.25, 0.3) is 5.91 Å². The largest absolute Gasteiger partial charge is 0.490 e. The van der Waals surface area contributed by atoms with Crippen molar-refractivity contribution in [2.75, 3.05) is 0 Å². The number of nitrogens with one attached hydrogen (secondary N) is 1. The van der Waals surface area contributed by atoms with Gasteiger partial charge in [-0.25, -0.2) is 0 Å². The summed E-state index contributed by atoms with van der Waals surface area (Å²) in [6.07, 6.45) is 12.8. The van der Waals surface area contributed by atoms with Crippen molar-refractivity contribution in [1.82, 2.24) is 15.1 Å². The van der Waals surface area contributed by atoms with E-state index in [0.717, 1.165) is 55.3 Å². The molecule has 0 aliphatic heterocycles. The molecule has 6 rings (SSSR count). The predicted molar refractivity (Wildman–Crippen MR) is 110 cm³/mol. The molecule has 152 valence electrons. The molecule has 4 aliphatic carbocycles. The number of H-pyrrole nitrogens is 1. The number of hydrogen-bond donors (Lipinski definition) is 1. The lowest BCUT2D eigenvalue weighted by molar-refractivity contribution is 0.0642. The molecule has 4 aliphatic rings. The Balaban J connectivity index is 1.17. The molecule has 1 aromatic heterocycles. The second-order valence-electron chi connectivity index (χ2n) is 9.50. The summed E-state index contributed by atoms with van der Waals surface area (Å²) in [7, 11) is 0. The molecule has 1 unspecified atom stereocenters. The molecule has 5 heteroatoms. The monoisotopic (exact) mass is 391 g/mol. The van der Waals surface area contributed by atoms with Crippen molar-refractivity contribution in [3.05, 3.63) is 47.3 Å². The van der Waals surface area contributed by atoms with Gasteiger partial charge in [-0.2, -0.15) is 5.10 Å². The van der Waals surface area contributed by atoms with E-state index in [0.29, 0.717) is 12.1 Å². The number of aromatic amines is 1. The van der Waals surface area contributed by atoms with Crippen LogP contribution >= 0.6 is 0 Å². The minimum atomic E-state index is 0.178. The third kappa shape index (κ3) is 3.56. The first-order chi connectivity index (χ1) is 14.3. The first-order valence-electron chi connectivity index (χ1n) is 11.4. The lowest BCUT2D eigenvalue weighted by Gasteiger charge is -2.34. The average molecular weight is 392 g/mol. The zero-order valence-corrected chi connectivity index (χ0v) is 16.8. The van der Waals surface area contributed by atoms with Crippen molar-refractivity contribution in [3.8, 4) is 5.75 Å². The van der Waals surface area contributed by atoms with Crippen LogP contribution in [-0.2, 0) is 12.8 Å². The van der Waals surface area contributed by atoms with Crippen LogP contribution in [0.1, 0.15) is 66.6 Å². The van der Waals surface area contributed by atoms with Crippen LogP contribution in [0.4, 0.5) is 0 Å². The third-order valence-corrected chi connectivity index (χ3v) is 7.11. The van der Waals surface area contributed by atoms with Crippen LogP contribution in [0.15, 0.2) is 30.5 Å². The molecule has 3 fully saturated rings. The average Bonchev–Trinajstić information content (AvgIpc) is 3.59. The highest BCUT2D eigenvalue weighted by atomic mass is 16.5. The lowest BCUT2D eigenvalue weighted by Crippen LogP contribution is -2.44. The van der Waals surface area contributed by atoms with Gasteiger partial charge >= 0.3 is 0 Å². The second kappa shape index (κ2) is 6.89. The molecular formula is C24H29N3O2. The normalized spacial score (nSPS) is 23.7. The van der Waals surface area contributed by atoms with Crippen LogP contribution in [0, 0.1) is 11.8 Å². The summed E-state index contributed by atoms with van der Waals surface area (Å²) in [5.41, 5.74) is 3.30. The van der Waals surface area contributed by atoms with Crippen LogP contribution in [0.25, 0.3) is 0 Å². The van der Waals surface area contributed by atoms with Crippen molar-refractivity contribution < 1.29 is 9.53 Å². The smallest absolute Gasteiger partial charge is 0.254 e. The zero-order chi connectivity index (χ0) is 19.4. The van der Waals surface area contributed by atoms with Gasteiger partial charge in [0.1, 0.15) is 11.9 Å². The van der Waals surface area contributed by atoms with Crippen LogP contribution in [0.2, 0.25) is 0 Å². The summed E-state index contributed by atoms with van der Waals surface area (Å²) in [5.74, 6) is 2.61. The fraction of sp³-hybridized carbons (Fsp3) is 0.583. The molecule has 1 heterocycles. The van der Waals surface area contributed by atoms with Gasteiger partial charge in [0, 0.05) is 23.3 Å². The number of amides is 1. The molecule has 1 amide bonds. The molecule has 1 atom stereocenters. The van der Waals surface area contributed by atoms with Gasteiger partial charge in [0.05, 0.1) is 6.20 Å². The summed E-state index contributed by atoms with van der Waals surface area (Å²) in [4.78, 5) is 15.6. The van der Waals surface area contributed by atoms with Gasteiger partial charge in [-0.3, -0.25) is 9.89 Å². The second-order valence-corrected chi connectivity index (χ2v) is 9.50. The SMILES string of the molecule is O=C(c1ccc(OC(C2CC2)C2CC2)cc1)N(C1CC1)C1CCc2[nH]ncc2C1. The van der Waals surface area contributed by atoms with Crippen LogP contribution in [0.5, 0.6) is 5.75 Å². The fourth-order valence-corrected chi connectivity index (χ4v) is 5.03. The molecule has 3 saturated carbocycles. The van der Waals surface area contributed by atoms with Crippen molar-refractivity contribution in [3.63, 3.8) is 0 Å². The van der Waals surface area contributed by atoms with Crippen molar-refractivity contribution in [2.45, 2.75) is 76.0 Å². The number of carbonyl (C=O) groups is 1. The van der Waals surface area contributed by atoms with E-state index in [1.807, 2.05) is 30.5 Å². The van der Waals surface area contributed by atoms with Crippen LogP contribution < -0.4 is 4.74 Å². The van der Waals surface area contributed by atoms with Gasteiger partial charge in [0.15, 0.2) is 0 Å². The Labute approximate surface area is 171 Å². The minimum Gasteiger partial charge on any atom is -0.490 e. The van der Waals surface area contributed by atoms with Gasteiger partial charge in [-0.1, -0.05) is 0 Å². The molecule has 1 aromatic carbocycles. The third-order valence-electron chi connectivity index (χ3n) is 7.11. The fourth-order valence-electron chi connectivity index (χ4n) is 5.03. The van der Waals surface area contributed by atoms with E-state index in [2.05, 4.69) is 15.1 Å². The van der Waals surface area contributed by atoms with E-state index < -0.39 is 0 Å². The van der Waals surface area contributed by atoms with E-state index in [1.54, 1.807) is 0 Å². The maximum absolute atomic E-state index is 13.4. The van der Waals surface area contributed by atoms with E-state index in [4.69, 9.17) is 4.74 Å². The number of carbonyl (C=O) groups excluding carboxylic acids is 1. The summed E-state index contributed by atoms with van der Waals surface area (Å²) in [6, 6.07) is 8.64. The standard InChI is InChI=1S/C24H29N3O2/c28-24(27(19-7-8-19)20-9-12-22-18(13-20)14-25-26-22)17-5-10-21(11-6-17)29-23(15-1-2-15)16-3-4-16/h5-6,10-11,14-16,19-20,23H,1-4,7-9,12-13H2,(H,25,26). The molecule has 5 nitrogen and oxygen atoms in total. The van der Waals surface area contributed by atoms with E-state index in [-0.39, 0.29) is 11.9 Å². The molecule has 2 aromatic rings. The Morgan fingerprint density at radius 1 is 1.00 bits per heavy atom. The molecule has 1 N–H and O–H groups in total. The van der Waals surface area contributed by atoms with E-state index in [9.17, 15) is 4.79 Å². The van der Waals surface area contributed by atoms with Crippen molar-refractivity contribution in [1.29, 1.82) is 0 Å². The summed E-state index contributed by atoms with van der Waals surface area (Å²) in [6.45, 7) is 0. The molecule has 0 bridgehead atoms. The Hall–Kier alpha value is -2.30. The van der Waals surface area contributed by atoms with E-state index in [1.165, 1.54) is 36.9 Å². The molecular weight excluding hydrogens is 362 g/mol. The van der Waals surface area contributed by atoms with Crippen molar-refractivity contribution in [2.24, 2.45) is 11.8 Å². The van der Waals surface area contributed by atoms with Crippen molar-refractivity contribution >= 4 is 5.91 Å². The highest BCUT2D eigenvalue weighted by Gasteiger charge is 2.43. The van der Waals surface area contributed by atoms with Gasteiger partial charge in [-0.05, 0) is 99.5 Å². The van der Waals surface area contributed by atoms with Crippen LogP contribution in [0.3, 0.4) is 0 Å². The summed E-state index contributed by atoms with van der Waals surface area (Å²) >= 11 is 0. The molecule has 0 spiro atoms. The van der Waals surface area contributed by atoms with Gasteiger partial charge in [0.2, 0.25) is 0 Å². The van der Waals surface area contributed by atoms with E-state index >= 15 is 0 Å².